The van der Waals surface area contributed by atoms with Gasteiger partial charge in [-0.25, -0.2) is 0 Å². The maximum absolute atomic E-state index is 10.5. The number of aromatic nitrogens is 3. The van der Waals surface area contributed by atoms with E-state index in [9.17, 15) is 5.11 Å². The normalized spacial score (nSPS) is 21.8. The first-order valence-corrected chi connectivity index (χ1v) is 10.9. The lowest BCUT2D eigenvalue weighted by molar-refractivity contribution is -0.0553. The van der Waals surface area contributed by atoms with E-state index < -0.39 is 6.10 Å². The number of anilines is 1. The van der Waals surface area contributed by atoms with Crippen molar-refractivity contribution < 1.29 is 9.84 Å². The van der Waals surface area contributed by atoms with Crippen LogP contribution in [-0.4, -0.2) is 39.1 Å². The summed E-state index contributed by atoms with van der Waals surface area (Å²) in [7, 11) is 0. The second kappa shape index (κ2) is 6.80. The average Bonchev–Trinajstić information content (AvgIpc) is 3.28. The number of aliphatic hydroxyl groups excluding tert-OH is 1. The molecule has 0 saturated carbocycles. The molecule has 1 saturated heterocycles. The molecule has 4 heterocycles. The molecule has 0 aliphatic carbocycles. The third-order valence-corrected chi connectivity index (χ3v) is 6.97. The second-order valence-corrected chi connectivity index (χ2v) is 8.95. The molecule has 0 radical (unpaired) electrons. The fourth-order valence-corrected chi connectivity index (χ4v) is 5.42. The van der Waals surface area contributed by atoms with Crippen molar-refractivity contribution >= 4 is 17.5 Å². The van der Waals surface area contributed by atoms with E-state index in [1.807, 2.05) is 18.2 Å². The Morgan fingerprint density at radius 1 is 1.03 bits per heavy atom. The van der Waals surface area contributed by atoms with Gasteiger partial charge in [-0.2, -0.15) is 0 Å². The number of halogens is 1. The van der Waals surface area contributed by atoms with Crippen molar-refractivity contribution in [3.05, 3.63) is 70.0 Å². The van der Waals surface area contributed by atoms with E-state index in [-0.39, 0.29) is 5.60 Å². The Balaban J connectivity index is 1.34. The molecule has 1 N–H and O–H groups in total. The van der Waals surface area contributed by atoms with Crippen LogP contribution in [0.25, 0.3) is 5.69 Å². The van der Waals surface area contributed by atoms with Crippen LogP contribution in [0.3, 0.4) is 0 Å². The minimum Gasteiger partial charge on any atom is -0.392 e. The molecule has 30 heavy (non-hydrogen) atoms. The SMILES string of the molecule is OC1Cc2cc(Cl)ccc2-n2c(nnc2N2CCC3(CC2)OCc2ccccc23)C1. The van der Waals surface area contributed by atoms with Gasteiger partial charge in [0.15, 0.2) is 0 Å². The van der Waals surface area contributed by atoms with Gasteiger partial charge in [-0.3, -0.25) is 4.57 Å². The zero-order valence-electron chi connectivity index (χ0n) is 16.6. The van der Waals surface area contributed by atoms with Gasteiger partial charge in [-0.05, 0) is 47.7 Å². The molecule has 1 unspecified atom stereocenters. The maximum atomic E-state index is 10.5. The molecule has 6 nitrogen and oxygen atoms in total. The lowest BCUT2D eigenvalue weighted by atomic mass is 9.84. The van der Waals surface area contributed by atoms with Gasteiger partial charge in [-0.15, -0.1) is 10.2 Å². The topological polar surface area (TPSA) is 63.4 Å². The van der Waals surface area contributed by atoms with Crippen LogP contribution in [-0.2, 0) is 29.8 Å². The molecular weight excluding hydrogens is 400 g/mol. The molecule has 0 bridgehead atoms. The van der Waals surface area contributed by atoms with Gasteiger partial charge in [0.05, 0.1) is 24.0 Å². The largest absolute Gasteiger partial charge is 0.392 e. The fourth-order valence-electron chi connectivity index (χ4n) is 5.23. The van der Waals surface area contributed by atoms with Crippen molar-refractivity contribution in [3.63, 3.8) is 0 Å². The predicted molar refractivity (Wildman–Crippen MR) is 114 cm³/mol. The van der Waals surface area contributed by atoms with Crippen LogP contribution >= 0.6 is 11.6 Å². The monoisotopic (exact) mass is 422 g/mol. The number of hydrogen-bond donors (Lipinski definition) is 1. The molecular formula is C23H23ClN4O2. The van der Waals surface area contributed by atoms with E-state index in [0.29, 0.717) is 24.5 Å². The lowest BCUT2D eigenvalue weighted by Gasteiger charge is -2.39. The minimum atomic E-state index is -0.492. The molecule has 3 aromatic rings. The summed E-state index contributed by atoms with van der Waals surface area (Å²) in [5, 5.41) is 20.1. The summed E-state index contributed by atoms with van der Waals surface area (Å²) in [6.45, 7) is 2.39. The first-order chi connectivity index (χ1) is 14.6. The quantitative estimate of drug-likeness (QED) is 0.651. The highest BCUT2D eigenvalue weighted by molar-refractivity contribution is 6.30. The van der Waals surface area contributed by atoms with Gasteiger partial charge in [0.2, 0.25) is 5.95 Å². The van der Waals surface area contributed by atoms with Crippen LogP contribution in [0.15, 0.2) is 42.5 Å². The minimum absolute atomic E-state index is 0.184. The lowest BCUT2D eigenvalue weighted by Crippen LogP contribution is -2.43. The van der Waals surface area contributed by atoms with Gasteiger partial charge in [0.1, 0.15) is 5.82 Å². The summed E-state index contributed by atoms with van der Waals surface area (Å²) in [6, 6.07) is 14.4. The van der Waals surface area contributed by atoms with E-state index in [0.717, 1.165) is 49.0 Å². The number of hydrogen-bond acceptors (Lipinski definition) is 5. The van der Waals surface area contributed by atoms with Crippen molar-refractivity contribution in [2.75, 3.05) is 18.0 Å². The number of nitrogens with zero attached hydrogens (tertiary/aromatic N) is 4. The molecule has 154 valence electrons. The molecule has 2 aromatic carbocycles. The zero-order valence-corrected chi connectivity index (χ0v) is 17.3. The van der Waals surface area contributed by atoms with Gasteiger partial charge >= 0.3 is 0 Å². The second-order valence-electron chi connectivity index (χ2n) is 8.51. The number of fused-ring (bicyclic) bond motifs is 5. The standard InChI is InChI=1S/C23H23ClN4O2/c24-17-5-6-20-16(11-17)12-18(29)13-21-25-26-22(28(20)21)27-9-7-23(8-10-27)19-4-2-1-3-15(19)14-30-23/h1-6,11,18,29H,7-10,12-14H2. The third kappa shape index (κ3) is 2.78. The Morgan fingerprint density at radius 2 is 1.87 bits per heavy atom. The molecule has 1 atom stereocenters. The number of rotatable bonds is 1. The van der Waals surface area contributed by atoms with E-state index in [1.54, 1.807) is 0 Å². The first-order valence-electron chi connectivity index (χ1n) is 10.5. The van der Waals surface area contributed by atoms with Crippen molar-refractivity contribution in [2.24, 2.45) is 0 Å². The fraction of sp³-hybridized carbons (Fsp3) is 0.391. The van der Waals surface area contributed by atoms with Crippen LogP contribution in [0.4, 0.5) is 5.95 Å². The van der Waals surface area contributed by atoms with E-state index in [2.05, 4.69) is 43.9 Å². The summed E-state index contributed by atoms with van der Waals surface area (Å²) in [6.07, 6.45) is 2.39. The molecule has 1 aromatic heterocycles. The molecule has 0 amide bonds. The van der Waals surface area contributed by atoms with Crippen molar-refractivity contribution in [2.45, 2.75) is 44.0 Å². The summed E-state index contributed by atoms with van der Waals surface area (Å²) in [5.41, 5.74) is 4.50. The Hall–Kier alpha value is -2.41. The highest BCUT2D eigenvalue weighted by Crippen LogP contribution is 2.44. The number of ether oxygens (including phenoxy) is 1. The van der Waals surface area contributed by atoms with Gasteiger partial charge in [0.25, 0.3) is 0 Å². The molecule has 3 aliphatic rings. The van der Waals surface area contributed by atoms with E-state index >= 15 is 0 Å². The van der Waals surface area contributed by atoms with Crippen molar-refractivity contribution in [1.82, 2.24) is 14.8 Å². The van der Waals surface area contributed by atoms with Gasteiger partial charge < -0.3 is 14.7 Å². The van der Waals surface area contributed by atoms with Crippen LogP contribution in [0.1, 0.15) is 35.4 Å². The van der Waals surface area contributed by atoms with Crippen LogP contribution in [0.2, 0.25) is 5.02 Å². The first kappa shape index (κ1) is 18.4. The number of benzene rings is 2. The summed E-state index contributed by atoms with van der Waals surface area (Å²) < 4.78 is 8.42. The Morgan fingerprint density at radius 3 is 2.73 bits per heavy atom. The molecule has 7 heteroatoms. The highest BCUT2D eigenvalue weighted by Gasteiger charge is 2.43. The van der Waals surface area contributed by atoms with E-state index in [1.165, 1.54) is 11.1 Å². The van der Waals surface area contributed by atoms with Gasteiger partial charge in [0, 0.05) is 31.0 Å². The van der Waals surface area contributed by atoms with Crippen LogP contribution in [0, 0.1) is 0 Å². The van der Waals surface area contributed by atoms with Gasteiger partial charge in [-0.1, -0.05) is 35.9 Å². The summed E-state index contributed by atoms with van der Waals surface area (Å²) in [5.74, 6) is 1.63. The molecule has 3 aliphatic heterocycles. The molecule has 6 rings (SSSR count). The molecule has 1 spiro atoms. The number of piperidine rings is 1. The van der Waals surface area contributed by atoms with E-state index in [4.69, 9.17) is 16.3 Å². The Kier molecular flexibility index (Phi) is 4.17. The van der Waals surface area contributed by atoms with Crippen LogP contribution in [0.5, 0.6) is 0 Å². The number of aliphatic hydroxyl groups is 1. The predicted octanol–water partition coefficient (Wildman–Crippen LogP) is 3.41. The summed E-state index contributed by atoms with van der Waals surface area (Å²) in [4.78, 5) is 2.29. The Bertz CT molecular complexity index is 1120. The van der Waals surface area contributed by atoms with Crippen LogP contribution < -0.4 is 4.90 Å². The highest BCUT2D eigenvalue weighted by atomic mass is 35.5. The zero-order chi connectivity index (χ0) is 20.3. The average molecular weight is 423 g/mol. The maximum Gasteiger partial charge on any atom is 0.231 e. The molecule has 1 fully saturated rings. The smallest absolute Gasteiger partial charge is 0.231 e. The van der Waals surface area contributed by atoms with Crippen molar-refractivity contribution in [3.8, 4) is 5.69 Å². The van der Waals surface area contributed by atoms with Crippen molar-refractivity contribution in [1.29, 1.82) is 0 Å². The third-order valence-electron chi connectivity index (χ3n) is 6.74. The Labute approximate surface area is 180 Å². The summed E-state index contributed by atoms with van der Waals surface area (Å²) >= 11 is 6.23.